The van der Waals surface area contributed by atoms with Crippen LogP contribution in [0.5, 0.6) is 5.75 Å². The lowest BCUT2D eigenvalue weighted by atomic mass is 9.89. The van der Waals surface area contributed by atoms with E-state index in [1.54, 1.807) is 25.3 Å². The molecule has 19 heavy (non-hydrogen) atoms. The van der Waals surface area contributed by atoms with Gasteiger partial charge in [0.15, 0.2) is 0 Å². The number of methoxy groups -OCH3 is 1. The third-order valence-electron chi connectivity index (χ3n) is 3.69. The van der Waals surface area contributed by atoms with Crippen molar-refractivity contribution in [3.05, 3.63) is 28.2 Å². The molecule has 0 spiro atoms. The van der Waals surface area contributed by atoms with Crippen molar-refractivity contribution in [1.29, 1.82) is 0 Å². The average molecular weight is 326 g/mol. The average Bonchev–Trinajstić information content (AvgIpc) is 2.45. The number of rotatable bonds is 4. The summed E-state index contributed by atoms with van der Waals surface area (Å²) in [5.41, 5.74) is 0.670. The van der Waals surface area contributed by atoms with Crippen molar-refractivity contribution in [2.75, 3.05) is 13.7 Å². The van der Waals surface area contributed by atoms with Gasteiger partial charge in [-0.2, -0.15) is 0 Å². The number of nitrogens with one attached hydrogen (secondary N) is 1. The number of ether oxygens (including phenoxy) is 1. The maximum absolute atomic E-state index is 12.1. The molecule has 1 saturated carbocycles. The van der Waals surface area contributed by atoms with Crippen LogP contribution in [0, 0.1) is 5.92 Å². The molecule has 1 fully saturated rings. The molecule has 1 aliphatic carbocycles. The fourth-order valence-corrected chi connectivity index (χ4v) is 3.08. The summed E-state index contributed by atoms with van der Waals surface area (Å²) in [6, 6.07) is 5.40. The normalized spacial score (nSPS) is 16.1. The monoisotopic (exact) mass is 325 g/mol. The summed E-state index contributed by atoms with van der Waals surface area (Å²) in [5.74, 6) is 1.39. The Hall–Kier alpha value is -1.03. The van der Waals surface area contributed by atoms with Crippen LogP contribution in [-0.4, -0.2) is 19.6 Å². The molecule has 2 rings (SSSR count). The molecule has 1 N–H and O–H groups in total. The van der Waals surface area contributed by atoms with Crippen molar-refractivity contribution in [1.82, 2.24) is 5.32 Å². The molecule has 0 bridgehead atoms. The van der Waals surface area contributed by atoms with Crippen molar-refractivity contribution in [2.45, 2.75) is 32.1 Å². The molecule has 4 heteroatoms. The van der Waals surface area contributed by atoms with Gasteiger partial charge in [0.05, 0.1) is 11.6 Å². The van der Waals surface area contributed by atoms with Crippen LogP contribution in [-0.2, 0) is 0 Å². The largest absolute Gasteiger partial charge is 0.496 e. The molecule has 0 atom stereocenters. The second kappa shape index (κ2) is 6.94. The lowest BCUT2D eigenvalue weighted by Gasteiger charge is -2.21. The first kappa shape index (κ1) is 14.4. The third kappa shape index (κ3) is 3.96. The second-order valence-corrected chi connectivity index (χ2v) is 5.92. The minimum absolute atomic E-state index is 0.00562. The van der Waals surface area contributed by atoms with E-state index >= 15 is 0 Å². The predicted molar refractivity (Wildman–Crippen MR) is 79.6 cm³/mol. The Morgan fingerprint density at radius 1 is 1.37 bits per heavy atom. The number of amides is 1. The van der Waals surface area contributed by atoms with Crippen LogP contribution in [0.2, 0.25) is 0 Å². The summed E-state index contributed by atoms with van der Waals surface area (Å²) < 4.78 is 5.96. The minimum Gasteiger partial charge on any atom is -0.496 e. The Morgan fingerprint density at radius 3 is 2.74 bits per heavy atom. The highest BCUT2D eigenvalue weighted by atomic mass is 79.9. The first-order valence-corrected chi connectivity index (χ1v) is 7.61. The Labute approximate surface area is 122 Å². The van der Waals surface area contributed by atoms with Gasteiger partial charge in [-0.3, -0.25) is 4.79 Å². The molecule has 1 aliphatic rings. The van der Waals surface area contributed by atoms with Gasteiger partial charge in [0.1, 0.15) is 5.75 Å². The Morgan fingerprint density at radius 2 is 2.11 bits per heavy atom. The number of carbonyl (C=O) groups is 1. The van der Waals surface area contributed by atoms with Gasteiger partial charge in [0, 0.05) is 12.1 Å². The number of benzene rings is 1. The molecule has 0 saturated heterocycles. The molecule has 0 unspecified atom stereocenters. The summed E-state index contributed by atoms with van der Waals surface area (Å²) in [6.45, 7) is 0.794. The van der Waals surface area contributed by atoms with Gasteiger partial charge >= 0.3 is 0 Å². The highest BCUT2D eigenvalue weighted by Gasteiger charge is 2.15. The van der Waals surface area contributed by atoms with Gasteiger partial charge in [-0.1, -0.05) is 19.3 Å². The van der Waals surface area contributed by atoms with Crippen molar-refractivity contribution in [3.63, 3.8) is 0 Å². The molecule has 0 aromatic heterocycles. The molecule has 3 nitrogen and oxygen atoms in total. The summed E-state index contributed by atoms with van der Waals surface area (Å²) in [6.07, 6.45) is 6.43. The molecule has 0 heterocycles. The Kier molecular flexibility index (Phi) is 5.25. The van der Waals surface area contributed by atoms with E-state index in [4.69, 9.17) is 4.74 Å². The van der Waals surface area contributed by atoms with Gasteiger partial charge in [0.2, 0.25) is 0 Å². The lowest BCUT2D eigenvalue weighted by molar-refractivity contribution is 0.0943. The number of hydrogen-bond donors (Lipinski definition) is 1. The quantitative estimate of drug-likeness (QED) is 0.915. The second-order valence-electron chi connectivity index (χ2n) is 5.06. The van der Waals surface area contributed by atoms with E-state index in [2.05, 4.69) is 21.2 Å². The number of carbonyl (C=O) groups excluding carboxylic acids is 1. The van der Waals surface area contributed by atoms with Crippen LogP contribution < -0.4 is 10.1 Å². The van der Waals surface area contributed by atoms with Gasteiger partial charge in [-0.05, 0) is 52.9 Å². The topological polar surface area (TPSA) is 38.3 Å². The smallest absolute Gasteiger partial charge is 0.251 e. The van der Waals surface area contributed by atoms with E-state index in [1.165, 1.54) is 32.1 Å². The zero-order chi connectivity index (χ0) is 13.7. The van der Waals surface area contributed by atoms with Crippen LogP contribution in [0.1, 0.15) is 42.5 Å². The Balaban J connectivity index is 1.90. The third-order valence-corrected chi connectivity index (χ3v) is 4.31. The standard InChI is InChI=1S/C15H20BrNO2/c1-19-14-8-7-12(9-13(14)16)15(18)17-10-11-5-3-2-4-6-11/h7-9,11H,2-6,10H2,1H3,(H,17,18). The van der Waals surface area contributed by atoms with Gasteiger partial charge in [0.25, 0.3) is 5.91 Å². The van der Waals surface area contributed by atoms with E-state index < -0.39 is 0 Å². The van der Waals surface area contributed by atoms with Gasteiger partial charge in [-0.25, -0.2) is 0 Å². The lowest BCUT2D eigenvalue weighted by Crippen LogP contribution is -2.30. The fraction of sp³-hybridized carbons (Fsp3) is 0.533. The van der Waals surface area contributed by atoms with Gasteiger partial charge < -0.3 is 10.1 Å². The zero-order valence-electron chi connectivity index (χ0n) is 11.2. The summed E-state index contributed by atoms with van der Waals surface area (Å²) in [5, 5.41) is 3.03. The SMILES string of the molecule is COc1ccc(C(=O)NCC2CCCCC2)cc1Br. The first-order chi connectivity index (χ1) is 9.20. The predicted octanol–water partition coefficient (Wildman–Crippen LogP) is 3.77. The van der Waals surface area contributed by atoms with Crippen molar-refractivity contribution in [2.24, 2.45) is 5.92 Å². The van der Waals surface area contributed by atoms with E-state index in [9.17, 15) is 4.79 Å². The number of hydrogen-bond acceptors (Lipinski definition) is 2. The van der Waals surface area contributed by atoms with Crippen molar-refractivity contribution >= 4 is 21.8 Å². The summed E-state index contributed by atoms with van der Waals surface area (Å²) in [7, 11) is 1.61. The molecule has 1 amide bonds. The van der Waals surface area contributed by atoms with E-state index in [0.29, 0.717) is 11.5 Å². The van der Waals surface area contributed by atoms with E-state index in [1.807, 2.05) is 0 Å². The van der Waals surface area contributed by atoms with Crippen molar-refractivity contribution < 1.29 is 9.53 Å². The van der Waals surface area contributed by atoms with Crippen LogP contribution >= 0.6 is 15.9 Å². The first-order valence-electron chi connectivity index (χ1n) is 6.82. The molecular weight excluding hydrogens is 306 g/mol. The highest BCUT2D eigenvalue weighted by molar-refractivity contribution is 9.10. The molecular formula is C15H20BrNO2. The van der Waals surface area contributed by atoms with Crippen LogP contribution in [0.25, 0.3) is 0 Å². The maximum atomic E-state index is 12.1. The zero-order valence-corrected chi connectivity index (χ0v) is 12.8. The van der Waals surface area contributed by atoms with E-state index in [0.717, 1.165) is 16.8 Å². The highest BCUT2D eigenvalue weighted by Crippen LogP contribution is 2.26. The Bertz CT molecular complexity index is 442. The van der Waals surface area contributed by atoms with Crippen molar-refractivity contribution in [3.8, 4) is 5.75 Å². The molecule has 104 valence electrons. The van der Waals surface area contributed by atoms with Crippen LogP contribution in [0.3, 0.4) is 0 Å². The summed E-state index contributed by atoms with van der Waals surface area (Å²) in [4.78, 5) is 12.1. The minimum atomic E-state index is -0.00562. The molecule has 1 aromatic rings. The molecule has 0 radical (unpaired) electrons. The maximum Gasteiger partial charge on any atom is 0.251 e. The fourth-order valence-electron chi connectivity index (χ4n) is 2.54. The van der Waals surface area contributed by atoms with Gasteiger partial charge in [-0.15, -0.1) is 0 Å². The number of halogens is 1. The molecule has 0 aliphatic heterocycles. The van der Waals surface area contributed by atoms with Crippen LogP contribution in [0.15, 0.2) is 22.7 Å². The van der Waals surface area contributed by atoms with Crippen LogP contribution in [0.4, 0.5) is 0 Å². The summed E-state index contributed by atoms with van der Waals surface area (Å²) >= 11 is 3.40. The molecule has 1 aromatic carbocycles. The van der Waals surface area contributed by atoms with E-state index in [-0.39, 0.29) is 5.91 Å².